The quantitative estimate of drug-likeness (QED) is 0.849. The van der Waals surface area contributed by atoms with E-state index in [1.807, 2.05) is 29.2 Å². The normalized spacial score (nSPS) is 19.2. The fraction of sp³-hybridized carbons (Fsp3) is 0.619. The lowest BCUT2D eigenvalue weighted by Gasteiger charge is -2.30. The maximum atomic E-state index is 12.5. The molecule has 0 aromatic heterocycles. The zero-order valence-corrected chi connectivity index (χ0v) is 15.8. The molecule has 0 radical (unpaired) electrons. The van der Waals surface area contributed by atoms with Crippen molar-refractivity contribution in [1.29, 1.82) is 0 Å². The number of benzene rings is 1. The summed E-state index contributed by atoms with van der Waals surface area (Å²) in [5, 5.41) is 6.25. The topological polar surface area (TPSA) is 61.4 Å². The number of amides is 2. The van der Waals surface area contributed by atoms with Gasteiger partial charge in [-0.15, -0.1) is 0 Å². The molecule has 1 aliphatic carbocycles. The molecule has 0 atom stereocenters. The molecule has 0 unspecified atom stereocenters. The first-order chi connectivity index (χ1) is 12.6. The fourth-order valence-corrected chi connectivity index (χ4v) is 3.83. The van der Waals surface area contributed by atoms with Gasteiger partial charge in [0.15, 0.2) is 0 Å². The summed E-state index contributed by atoms with van der Waals surface area (Å²) in [5.41, 5.74) is 1.59. The van der Waals surface area contributed by atoms with E-state index in [1.165, 1.54) is 19.3 Å². The van der Waals surface area contributed by atoms with E-state index < -0.39 is 0 Å². The number of piperidine rings is 1. The van der Waals surface area contributed by atoms with Gasteiger partial charge in [0.25, 0.3) is 5.91 Å². The highest BCUT2D eigenvalue weighted by Gasteiger charge is 2.21. The van der Waals surface area contributed by atoms with Crippen LogP contribution in [0.1, 0.15) is 62.2 Å². The Morgan fingerprint density at radius 2 is 1.65 bits per heavy atom. The lowest BCUT2D eigenvalue weighted by Crippen LogP contribution is -2.39. The lowest BCUT2D eigenvalue weighted by molar-refractivity contribution is -0.120. The number of nitrogens with one attached hydrogen (secondary N) is 2. The second-order valence-electron chi connectivity index (χ2n) is 7.81. The highest BCUT2D eigenvalue weighted by Crippen LogP contribution is 2.19. The molecule has 1 aromatic carbocycles. The van der Waals surface area contributed by atoms with Gasteiger partial charge in [-0.25, -0.2) is 0 Å². The second-order valence-corrected chi connectivity index (χ2v) is 7.81. The fourth-order valence-electron chi connectivity index (χ4n) is 3.83. The van der Waals surface area contributed by atoms with Crippen molar-refractivity contribution in [2.75, 3.05) is 25.0 Å². The van der Waals surface area contributed by atoms with Crippen LogP contribution in [-0.2, 0) is 4.79 Å². The summed E-state index contributed by atoms with van der Waals surface area (Å²) in [4.78, 5) is 26.5. The van der Waals surface area contributed by atoms with Crippen LogP contribution in [0.3, 0.4) is 0 Å². The number of anilines is 1. The summed E-state index contributed by atoms with van der Waals surface area (Å²) in [6.45, 7) is 4.21. The Morgan fingerprint density at radius 3 is 2.31 bits per heavy atom. The van der Waals surface area contributed by atoms with E-state index in [0.717, 1.165) is 50.0 Å². The van der Waals surface area contributed by atoms with Crippen LogP contribution in [0, 0.1) is 5.92 Å². The standard InChI is InChI=1S/C21H31N3O2/c1-16-11-13-24(14-12-16)21(26)17-7-9-18(10-8-17)22-15-20(25)23-19-5-3-2-4-6-19/h7-10,16,19,22H,2-6,11-15H2,1H3,(H,23,25). The summed E-state index contributed by atoms with van der Waals surface area (Å²) in [7, 11) is 0. The first-order valence-electron chi connectivity index (χ1n) is 10.0. The Balaban J connectivity index is 1.45. The van der Waals surface area contributed by atoms with Crippen LogP contribution in [-0.4, -0.2) is 42.4 Å². The molecule has 1 heterocycles. The molecule has 1 aliphatic heterocycles. The molecule has 1 saturated heterocycles. The minimum Gasteiger partial charge on any atom is -0.376 e. The molecule has 5 nitrogen and oxygen atoms in total. The molecule has 2 fully saturated rings. The molecule has 2 aliphatic rings. The summed E-state index contributed by atoms with van der Waals surface area (Å²) in [5.74, 6) is 0.864. The molecule has 0 bridgehead atoms. The maximum absolute atomic E-state index is 12.5. The van der Waals surface area contributed by atoms with Gasteiger partial charge in [-0.3, -0.25) is 9.59 Å². The van der Waals surface area contributed by atoms with Gasteiger partial charge in [-0.05, 0) is 55.9 Å². The van der Waals surface area contributed by atoms with Crippen molar-refractivity contribution in [3.63, 3.8) is 0 Å². The first kappa shape index (κ1) is 18.7. The van der Waals surface area contributed by atoms with E-state index >= 15 is 0 Å². The lowest BCUT2D eigenvalue weighted by atomic mass is 9.95. The van der Waals surface area contributed by atoms with Gasteiger partial charge in [0.2, 0.25) is 5.91 Å². The predicted octanol–water partition coefficient (Wildman–Crippen LogP) is 3.42. The number of nitrogens with zero attached hydrogens (tertiary/aromatic N) is 1. The Morgan fingerprint density at radius 1 is 1.00 bits per heavy atom. The SMILES string of the molecule is CC1CCN(C(=O)c2ccc(NCC(=O)NC3CCCCC3)cc2)CC1. The monoisotopic (exact) mass is 357 g/mol. The van der Waals surface area contributed by atoms with E-state index in [9.17, 15) is 9.59 Å². The van der Waals surface area contributed by atoms with Gasteiger partial charge in [0.1, 0.15) is 0 Å². The van der Waals surface area contributed by atoms with Gasteiger partial charge in [-0.1, -0.05) is 26.2 Å². The third-order valence-electron chi connectivity index (χ3n) is 5.63. The van der Waals surface area contributed by atoms with Gasteiger partial charge in [-0.2, -0.15) is 0 Å². The Kier molecular flexibility index (Phi) is 6.53. The van der Waals surface area contributed by atoms with Gasteiger partial charge in [0.05, 0.1) is 6.54 Å². The van der Waals surface area contributed by atoms with Crippen molar-refractivity contribution in [2.24, 2.45) is 5.92 Å². The first-order valence-corrected chi connectivity index (χ1v) is 10.0. The van der Waals surface area contributed by atoms with E-state index in [4.69, 9.17) is 0 Å². The van der Waals surface area contributed by atoms with Gasteiger partial charge < -0.3 is 15.5 Å². The molecule has 1 saturated carbocycles. The van der Waals surface area contributed by atoms with E-state index in [-0.39, 0.29) is 18.4 Å². The van der Waals surface area contributed by atoms with Gasteiger partial charge in [0, 0.05) is 30.4 Å². The largest absolute Gasteiger partial charge is 0.376 e. The number of carbonyl (C=O) groups excluding carboxylic acids is 2. The van der Waals surface area contributed by atoms with Crippen molar-refractivity contribution in [3.8, 4) is 0 Å². The van der Waals surface area contributed by atoms with Crippen LogP contribution in [0.5, 0.6) is 0 Å². The number of hydrogen-bond acceptors (Lipinski definition) is 3. The third-order valence-corrected chi connectivity index (χ3v) is 5.63. The Bertz CT molecular complexity index is 600. The highest BCUT2D eigenvalue weighted by molar-refractivity contribution is 5.94. The average molecular weight is 357 g/mol. The van der Waals surface area contributed by atoms with Crippen molar-refractivity contribution in [1.82, 2.24) is 10.2 Å². The van der Waals surface area contributed by atoms with Crippen LogP contribution in [0.25, 0.3) is 0 Å². The van der Waals surface area contributed by atoms with E-state index in [2.05, 4.69) is 17.6 Å². The van der Waals surface area contributed by atoms with E-state index in [0.29, 0.717) is 12.0 Å². The summed E-state index contributed by atoms with van der Waals surface area (Å²) >= 11 is 0. The predicted molar refractivity (Wildman–Crippen MR) is 104 cm³/mol. The summed E-state index contributed by atoms with van der Waals surface area (Å²) in [6.07, 6.45) is 8.07. The molecular weight excluding hydrogens is 326 g/mol. The summed E-state index contributed by atoms with van der Waals surface area (Å²) in [6, 6.07) is 7.80. The van der Waals surface area contributed by atoms with Crippen LogP contribution < -0.4 is 10.6 Å². The zero-order valence-electron chi connectivity index (χ0n) is 15.8. The molecule has 2 amide bonds. The van der Waals surface area contributed by atoms with Crippen molar-refractivity contribution >= 4 is 17.5 Å². The molecule has 5 heteroatoms. The van der Waals surface area contributed by atoms with E-state index in [1.54, 1.807) is 0 Å². The van der Waals surface area contributed by atoms with Crippen molar-refractivity contribution in [3.05, 3.63) is 29.8 Å². The number of rotatable bonds is 5. The van der Waals surface area contributed by atoms with Crippen LogP contribution in [0.15, 0.2) is 24.3 Å². The second kappa shape index (κ2) is 9.06. The number of carbonyl (C=O) groups is 2. The number of hydrogen-bond donors (Lipinski definition) is 2. The molecule has 0 spiro atoms. The van der Waals surface area contributed by atoms with Crippen LogP contribution in [0.4, 0.5) is 5.69 Å². The Hall–Kier alpha value is -2.04. The van der Waals surface area contributed by atoms with Crippen LogP contribution >= 0.6 is 0 Å². The molecule has 2 N–H and O–H groups in total. The van der Waals surface area contributed by atoms with Gasteiger partial charge >= 0.3 is 0 Å². The molecule has 142 valence electrons. The maximum Gasteiger partial charge on any atom is 0.253 e. The average Bonchev–Trinajstić information content (AvgIpc) is 2.68. The number of likely N-dealkylation sites (tertiary alicyclic amines) is 1. The molecular formula is C21H31N3O2. The smallest absolute Gasteiger partial charge is 0.253 e. The zero-order chi connectivity index (χ0) is 18.4. The minimum atomic E-state index is 0.0412. The third kappa shape index (κ3) is 5.23. The molecule has 1 aromatic rings. The molecule has 26 heavy (non-hydrogen) atoms. The minimum absolute atomic E-state index is 0.0412. The van der Waals surface area contributed by atoms with Crippen molar-refractivity contribution < 1.29 is 9.59 Å². The summed E-state index contributed by atoms with van der Waals surface area (Å²) < 4.78 is 0. The highest BCUT2D eigenvalue weighted by atomic mass is 16.2. The molecule has 3 rings (SSSR count). The van der Waals surface area contributed by atoms with Crippen molar-refractivity contribution in [2.45, 2.75) is 57.9 Å². The Labute approximate surface area is 156 Å². The van der Waals surface area contributed by atoms with Crippen LogP contribution in [0.2, 0.25) is 0 Å².